The summed E-state index contributed by atoms with van der Waals surface area (Å²) < 4.78 is 12.0. The average molecular weight is 358 g/mol. The predicted octanol–water partition coefficient (Wildman–Crippen LogP) is 3.41. The SMILES string of the molecule is Cn1nc(CN(Cc2cocn2)Cc2cocn2)c2c(Cl)cccc21. The molecule has 0 radical (unpaired) electrons. The largest absolute Gasteiger partial charge is 0.451 e. The lowest BCUT2D eigenvalue weighted by Crippen LogP contribution is -2.23. The van der Waals surface area contributed by atoms with E-state index >= 15 is 0 Å². The Hall–Kier alpha value is -2.64. The summed E-state index contributed by atoms with van der Waals surface area (Å²) in [5.41, 5.74) is 3.60. The minimum absolute atomic E-state index is 0.598. The van der Waals surface area contributed by atoms with Crippen LogP contribution in [0.15, 0.2) is 52.3 Å². The Morgan fingerprint density at radius 3 is 2.32 bits per heavy atom. The molecule has 0 unspecified atom stereocenters. The summed E-state index contributed by atoms with van der Waals surface area (Å²) in [6.07, 6.45) is 6.13. The van der Waals surface area contributed by atoms with Crippen molar-refractivity contribution in [2.45, 2.75) is 19.6 Å². The van der Waals surface area contributed by atoms with Crippen molar-refractivity contribution in [2.75, 3.05) is 0 Å². The minimum atomic E-state index is 0.598. The van der Waals surface area contributed by atoms with Crippen LogP contribution in [-0.2, 0) is 26.7 Å². The van der Waals surface area contributed by atoms with Crippen LogP contribution in [0.5, 0.6) is 0 Å². The van der Waals surface area contributed by atoms with Gasteiger partial charge in [0.1, 0.15) is 12.5 Å². The maximum absolute atomic E-state index is 6.42. The van der Waals surface area contributed by atoms with Gasteiger partial charge in [-0.05, 0) is 12.1 Å². The Balaban J connectivity index is 1.66. The second kappa shape index (κ2) is 6.70. The Labute approximate surface area is 148 Å². The first-order valence-corrected chi connectivity index (χ1v) is 8.15. The Kier molecular flexibility index (Phi) is 4.25. The number of hydrogen-bond donors (Lipinski definition) is 0. The summed E-state index contributed by atoms with van der Waals surface area (Å²) in [6, 6.07) is 5.82. The highest BCUT2D eigenvalue weighted by Crippen LogP contribution is 2.27. The molecule has 3 aromatic heterocycles. The summed E-state index contributed by atoms with van der Waals surface area (Å²) in [5.74, 6) is 0. The zero-order chi connectivity index (χ0) is 17.2. The van der Waals surface area contributed by atoms with E-state index in [0.29, 0.717) is 24.7 Å². The van der Waals surface area contributed by atoms with Crippen LogP contribution < -0.4 is 0 Å². The molecule has 0 aliphatic carbocycles. The topological polar surface area (TPSA) is 73.1 Å². The Bertz CT molecular complexity index is 926. The Morgan fingerprint density at radius 2 is 1.72 bits per heavy atom. The molecule has 0 fully saturated rings. The quantitative estimate of drug-likeness (QED) is 0.526. The number of nitrogens with zero attached hydrogens (tertiary/aromatic N) is 5. The second-order valence-corrected chi connectivity index (χ2v) is 6.22. The van der Waals surface area contributed by atoms with Gasteiger partial charge in [-0.15, -0.1) is 0 Å². The summed E-state index contributed by atoms with van der Waals surface area (Å²) in [6.45, 7) is 1.80. The number of halogens is 1. The van der Waals surface area contributed by atoms with Crippen LogP contribution in [0.2, 0.25) is 5.02 Å². The van der Waals surface area contributed by atoms with E-state index in [2.05, 4.69) is 20.0 Å². The Morgan fingerprint density at radius 1 is 1.04 bits per heavy atom. The van der Waals surface area contributed by atoms with Gasteiger partial charge >= 0.3 is 0 Å². The van der Waals surface area contributed by atoms with Gasteiger partial charge in [0.15, 0.2) is 12.8 Å². The van der Waals surface area contributed by atoms with E-state index in [0.717, 1.165) is 28.0 Å². The fourth-order valence-electron chi connectivity index (χ4n) is 2.93. The summed E-state index contributed by atoms with van der Waals surface area (Å²) in [4.78, 5) is 10.6. The molecule has 0 saturated heterocycles. The molecule has 0 aliphatic rings. The van der Waals surface area contributed by atoms with Crippen LogP contribution in [0.3, 0.4) is 0 Å². The van der Waals surface area contributed by atoms with Gasteiger partial charge in [-0.2, -0.15) is 5.10 Å². The minimum Gasteiger partial charge on any atom is -0.451 e. The third kappa shape index (κ3) is 3.29. The highest BCUT2D eigenvalue weighted by molar-refractivity contribution is 6.35. The number of fused-ring (bicyclic) bond motifs is 1. The predicted molar refractivity (Wildman–Crippen MR) is 91.7 cm³/mol. The van der Waals surface area contributed by atoms with Gasteiger partial charge in [-0.1, -0.05) is 17.7 Å². The van der Waals surface area contributed by atoms with Crippen molar-refractivity contribution in [3.8, 4) is 0 Å². The first kappa shape index (κ1) is 15.9. The third-order valence-electron chi connectivity index (χ3n) is 4.01. The van der Waals surface area contributed by atoms with Gasteiger partial charge in [0.25, 0.3) is 0 Å². The molecule has 3 heterocycles. The van der Waals surface area contributed by atoms with E-state index in [1.165, 1.54) is 12.8 Å². The van der Waals surface area contributed by atoms with Gasteiger partial charge in [0.05, 0.1) is 27.6 Å². The molecule has 0 N–H and O–H groups in total. The number of benzene rings is 1. The number of aryl methyl sites for hydroxylation is 1. The van der Waals surface area contributed by atoms with E-state index in [4.69, 9.17) is 20.4 Å². The summed E-state index contributed by atoms with van der Waals surface area (Å²) >= 11 is 6.42. The fourth-order valence-corrected chi connectivity index (χ4v) is 3.21. The van der Waals surface area contributed by atoms with Crippen LogP contribution in [-0.4, -0.2) is 24.6 Å². The van der Waals surface area contributed by atoms with E-state index in [1.54, 1.807) is 12.5 Å². The van der Waals surface area contributed by atoms with Crippen molar-refractivity contribution in [2.24, 2.45) is 7.05 Å². The van der Waals surface area contributed by atoms with E-state index in [1.807, 2.05) is 29.9 Å². The van der Waals surface area contributed by atoms with Crippen molar-refractivity contribution >= 4 is 22.5 Å². The van der Waals surface area contributed by atoms with E-state index < -0.39 is 0 Å². The molecule has 25 heavy (non-hydrogen) atoms. The van der Waals surface area contributed by atoms with Crippen LogP contribution in [0, 0.1) is 0 Å². The number of aromatic nitrogens is 4. The standard InChI is InChI=1S/C17H16ClN5O2/c1-22-16-4-2-3-14(18)17(16)15(21-22)7-23(5-12-8-24-10-19-12)6-13-9-25-11-20-13/h2-4,8-11H,5-7H2,1H3. The molecule has 4 rings (SSSR count). The normalized spacial score (nSPS) is 11.6. The van der Waals surface area contributed by atoms with Gasteiger partial charge < -0.3 is 8.83 Å². The number of hydrogen-bond acceptors (Lipinski definition) is 6. The lowest BCUT2D eigenvalue weighted by Gasteiger charge is -2.19. The van der Waals surface area contributed by atoms with Crippen LogP contribution in [0.1, 0.15) is 17.1 Å². The van der Waals surface area contributed by atoms with Crippen LogP contribution in [0.25, 0.3) is 10.9 Å². The lowest BCUT2D eigenvalue weighted by atomic mass is 10.2. The monoisotopic (exact) mass is 357 g/mol. The summed E-state index contributed by atoms with van der Waals surface area (Å²) in [5, 5.41) is 6.32. The van der Waals surface area contributed by atoms with Gasteiger partial charge in [0.2, 0.25) is 0 Å². The molecule has 0 bridgehead atoms. The third-order valence-corrected chi connectivity index (χ3v) is 4.33. The number of oxazole rings is 2. The lowest BCUT2D eigenvalue weighted by molar-refractivity contribution is 0.238. The molecule has 8 heteroatoms. The van der Waals surface area contributed by atoms with Gasteiger partial charge in [0, 0.05) is 32.1 Å². The van der Waals surface area contributed by atoms with Crippen LogP contribution >= 0.6 is 11.6 Å². The molecular formula is C17H16ClN5O2. The molecule has 0 amide bonds. The zero-order valence-electron chi connectivity index (χ0n) is 13.6. The molecule has 0 saturated carbocycles. The van der Waals surface area contributed by atoms with Crippen molar-refractivity contribution in [1.29, 1.82) is 0 Å². The van der Waals surface area contributed by atoms with Crippen molar-refractivity contribution in [1.82, 2.24) is 24.6 Å². The number of rotatable bonds is 6. The average Bonchev–Trinajstić information content (AvgIpc) is 3.32. The molecule has 0 aliphatic heterocycles. The highest BCUT2D eigenvalue weighted by Gasteiger charge is 2.17. The first-order chi connectivity index (χ1) is 12.2. The molecular weight excluding hydrogens is 342 g/mol. The summed E-state index contributed by atoms with van der Waals surface area (Å²) in [7, 11) is 1.92. The second-order valence-electron chi connectivity index (χ2n) is 5.81. The van der Waals surface area contributed by atoms with Crippen molar-refractivity contribution in [3.63, 3.8) is 0 Å². The molecule has 128 valence electrons. The zero-order valence-corrected chi connectivity index (χ0v) is 14.3. The van der Waals surface area contributed by atoms with E-state index in [-0.39, 0.29) is 0 Å². The maximum Gasteiger partial charge on any atom is 0.180 e. The first-order valence-electron chi connectivity index (χ1n) is 7.77. The molecule has 7 nitrogen and oxygen atoms in total. The van der Waals surface area contributed by atoms with E-state index in [9.17, 15) is 0 Å². The smallest absolute Gasteiger partial charge is 0.180 e. The van der Waals surface area contributed by atoms with Gasteiger partial charge in [-0.3, -0.25) is 9.58 Å². The molecule has 4 aromatic rings. The molecule has 0 atom stereocenters. The van der Waals surface area contributed by atoms with Crippen LogP contribution in [0.4, 0.5) is 0 Å². The maximum atomic E-state index is 6.42. The van der Waals surface area contributed by atoms with Crippen molar-refractivity contribution < 1.29 is 8.83 Å². The molecule has 0 spiro atoms. The van der Waals surface area contributed by atoms with Gasteiger partial charge in [-0.25, -0.2) is 9.97 Å². The fraction of sp³-hybridized carbons (Fsp3) is 0.235. The van der Waals surface area contributed by atoms with Crippen molar-refractivity contribution in [3.05, 3.63) is 65.6 Å². The highest BCUT2D eigenvalue weighted by atomic mass is 35.5. The molecule has 1 aromatic carbocycles.